The predicted octanol–water partition coefficient (Wildman–Crippen LogP) is 3.29. The van der Waals surface area contributed by atoms with Crippen LogP contribution >= 0.6 is 11.6 Å². The minimum atomic E-state index is -0.787. The van der Waals surface area contributed by atoms with Crippen LogP contribution in [0.1, 0.15) is 31.9 Å². The number of hydrogen-bond acceptors (Lipinski definition) is 2. The van der Waals surface area contributed by atoms with Gasteiger partial charge in [-0.15, -0.1) is 0 Å². The van der Waals surface area contributed by atoms with Crippen LogP contribution in [-0.2, 0) is 10.8 Å². The lowest BCUT2D eigenvalue weighted by molar-refractivity contribution is 0.552. The summed E-state index contributed by atoms with van der Waals surface area (Å²) in [7, 11) is -0.787. The third kappa shape index (κ3) is 4.67. The number of nitrogens with one attached hydrogen (secondary N) is 1. The average Bonchev–Trinajstić information content (AvgIpc) is 2.32. The molecule has 0 saturated carbocycles. The Morgan fingerprint density at radius 2 is 2.11 bits per heavy atom. The van der Waals surface area contributed by atoms with Gasteiger partial charge in [0.15, 0.2) is 0 Å². The van der Waals surface area contributed by atoms with Crippen molar-refractivity contribution >= 4 is 22.4 Å². The third-order valence-corrected chi connectivity index (χ3v) is 4.67. The van der Waals surface area contributed by atoms with Crippen molar-refractivity contribution in [1.29, 1.82) is 0 Å². The number of hydrogen-bond donors (Lipinski definition) is 1. The van der Waals surface area contributed by atoms with E-state index in [0.29, 0.717) is 0 Å². The standard InChI is InChI=1S/C13H19ClFNOS/c1-9(18(3)17)6-7-16-10(2)11-4-5-13(15)12(14)8-11/h4-5,8-10,16H,6-7H2,1-3H3. The predicted molar refractivity (Wildman–Crippen MR) is 76.0 cm³/mol. The van der Waals surface area contributed by atoms with Crippen molar-refractivity contribution < 1.29 is 8.60 Å². The van der Waals surface area contributed by atoms with Crippen molar-refractivity contribution in [2.24, 2.45) is 0 Å². The fourth-order valence-corrected chi connectivity index (χ4v) is 2.21. The Morgan fingerprint density at radius 3 is 2.67 bits per heavy atom. The Hall–Kier alpha value is -0.450. The summed E-state index contributed by atoms with van der Waals surface area (Å²) in [4.78, 5) is 0. The van der Waals surface area contributed by atoms with E-state index in [9.17, 15) is 8.60 Å². The zero-order chi connectivity index (χ0) is 13.7. The van der Waals surface area contributed by atoms with Crippen LogP contribution in [0.4, 0.5) is 4.39 Å². The molecular weight excluding hydrogens is 273 g/mol. The molecule has 1 rings (SSSR count). The zero-order valence-corrected chi connectivity index (χ0v) is 12.4. The van der Waals surface area contributed by atoms with Crippen molar-refractivity contribution in [3.8, 4) is 0 Å². The lowest BCUT2D eigenvalue weighted by Gasteiger charge is -2.16. The van der Waals surface area contributed by atoms with E-state index in [0.717, 1.165) is 18.5 Å². The van der Waals surface area contributed by atoms with Gasteiger partial charge < -0.3 is 5.32 Å². The first-order chi connectivity index (χ1) is 8.41. The van der Waals surface area contributed by atoms with Crippen LogP contribution < -0.4 is 5.32 Å². The van der Waals surface area contributed by atoms with Gasteiger partial charge in [0.25, 0.3) is 0 Å². The number of rotatable bonds is 6. The molecule has 1 N–H and O–H groups in total. The number of benzene rings is 1. The molecule has 3 unspecified atom stereocenters. The fraction of sp³-hybridized carbons (Fsp3) is 0.538. The molecule has 0 aliphatic carbocycles. The summed E-state index contributed by atoms with van der Waals surface area (Å²) in [6.07, 6.45) is 2.57. The van der Waals surface area contributed by atoms with Gasteiger partial charge in [0.05, 0.1) is 5.02 Å². The molecule has 2 nitrogen and oxygen atoms in total. The van der Waals surface area contributed by atoms with E-state index in [-0.39, 0.29) is 16.3 Å². The van der Waals surface area contributed by atoms with Crippen LogP contribution in [0, 0.1) is 5.82 Å². The molecule has 0 aliphatic heterocycles. The maximum atomic E-state index is 13.0. The SMILES string of the molecule is CC(NCCC(C)S(C)=O)c1ccc(F)c(Cl)c1. The molecule has 0 aromatic heterocycles. The molecule has 0 bridgehead atoms. The summed E-state index contributed by atoms with van der Waals surface area (Å²) in [6.45, 7) is 4.74. The van der Waals surface area contributed by atoms with Crippen molar-refractivity contribution in [2.75, 3.05) is 12.8 Å². The van der Waals surface area contributed by atoms with Crippen LogP contribution in [0.3, 0.4) is 0 Å². The molecule has 0 amide bonds. The maximum Gasteiger partial charge on any atom is 0.141 e. The fourth-order valence-electron chi connectivity index (χ4n) is 1.57. The smallest absolute Gasteiger partial charge is 0.141 e. The van der Waals surface area contributed by atoms with E-state index in [1.165, 1.54) is 6.07 Å². The Morgan fingerprint density at radius 1 is 1.44 bits per heavy atom. The second-order valence-electron chi connectivity index (χ2n) is 4.45. The molecular formula is C13H19ClFNOS. The zero-order valence-electron chi connectivity index (χ0n) is 10.9. The summed E-state index contributed by atoms with van der Waals surface area (Å²) in [5.41, 5.74) is 0.951. The topological polar surface area (TPSA) is 29.1 Å². The first kappa shape index (κ1) is 15.6. The van der Waals surface area contributed by atoms with Gasteiger partial charge in [0, 0.05) is 28.3 Å². The molecule has 1 aromatic carbocycles. The molecule has 0 fully saturated rings. The molecule has 0 spiro atoms. The highest BCUT2D eigenvalue weighted by molar-refractivity contribution is 7.84. The van der Waals surface area contributed by atoms with E-state index >= 15 is 0 Å². The van der Waals surface area contributed by atoms with Gasteiger partial charge in [0.2, 0.25) is 0 Å². The van der Waals surface area contributed by atoms with Crippen LogP contribution in [-0.4, -0.2) is 22.3 Å². The van der Waals surface area contributed by atoms with E-state index in [1.807, 2.05) is 13.8 Å². The molecule has 5 heteroatoms. The van der Waals surface area contributed by atoms with E-state index < -0.39 is 16.6 Å². The largest absolute Gasteiger partial charge is 0.310 e. The van der Waals surface area contributed by atoms with Gasteiger partial charge in [0.1, 0.15) is 5.82 Å². The third-order valence-electron chi connectivity index (χ3n) is 3.01. The van der Waals surface area contributed by atoms with Crippen LogP contribution in [0.15, 0.2) is 18.2 Å². The molecule has 0 saturated heterocycles. The molecule has 0 heterocycles. The van der Waals surface area contributed by atoms with Gasteiger partial charge in [-0.05, 0) is 37.6 Å². The monoisotopic (exact) mass is 291 g/mol. The van der Waals surface area contributed by atoms with Crippen LogP contribution in [0.2, 0.25) is 5.02 Å². The van der Waals surface area contributed by atoms with Gasteiger partial charge in [-0.1, -0.05) is 24.6 Å². The Balaban J connectivity index is 2.47. The first-order valence-electron chi connectivity index (χ1n) is 5.92. The summed E-state index contributed by atoms with van der Waals surface area (Å²) < 4.78 is 24.2. The van der Waals surface area contributed by atoms with Crippen molar-refractivity contribution in [2.45, 2.75) is 31.6 Å². The van der Waals surface area contributed by atoms with E-state index in [4.69, 9.17) is 11.6 Å². The first-order valence-corrected chi connectivity index (χ1v) is 7.92. The van der Waals surface area contributed by atoms with Crippen molar-refractivity contribution in [1.82, 2.24) is 5.32 Å². The number of halogens is 2. The normalized spacial score (nSPS) is 16.3. The Labute approximate surface area is 115 Å². The minimum Gasteiger partial charge on any atom is -0.310 e. The molecule has 1 aromatic rings. The Kier molecular flexibility index (Phi) is 6.26. The van der Waals surface area contributed by atoms with Crippen molar-refractivity contribution in [3.63, 3.8) is 0 Å². The summed E-state index contributed by atoms with van der Waals surface area (Å²) in [6, 6.07) is 4.83. The van der Waals surface area contributed by atoms with Gasteiger partial charge in [-0.25, -0.2) is 4.39 Å². The second kappa shape index (κ2) is 7.22. The summed E-state index contributed by atoms with van der Waals surface area (Å²) >= 11 is 5.74. The summed E-state index contributed by atoms with van der Waals surface area (Å²) in [5, 5.41) is 3.64. The lowest BCUT2D eigenvalue weighted by atomic mass is 10.1. The van der Waals surface area contributed by atoms with Gasteiger partial charge in [-0.3, -0.25) is 4.21 Å². The minimum absolute atomic E-state index is 0.0978. The van der Waals surface area contributed by atoms with Gasteiger partial charge in [-0.2, -0.15) is 0 Å². The van der Waals surface area contributed by atoms with Gasteiger partial charge >= 0.3 is 0 Å². The lowest BCUT2D eigenvalue weighted by Crippen LogP contribution is -2.24. The molecule has 0 radical (unpaired) electrons. The molecule has 3 atom stereocenters. The van der Waals surface area contributed by atoms with Crippen LogP contribution in [0.5, 0.6) is 0 Å². The Bertz CT molecular complexity index is 427. The summed E-state index contributed by atoms with van der Waals surface area (Å²) in [5.74, 6) is -0.400. The quantitative estimate of drug-likeness (QED) is 0.871. The van der Waals surface area contributed by atoms with E-state index in [2.05, 4.69) is 5.32 Å². The van der Waals surface area contributed by atoms with Crippen LogP contribution in [0.25, 0.3) is 0 Å². The molecule has 102 valence electrons. The molecule has 18 heavy (non-hydrogen) atoms. The highest BCUT2D eigenvalue weighted by Gasteiger charge is 2.10. The highest BCUT2D eigenvalue weighted by atomic mass is 35.5. The molecule has 0 aliphatic rings. The second-order valence-corrected chi connectivity index (χ2v) is 6.66. The highest BCUT2D eigenvalue weighted by Crippen LogP contribution is 2.20. The average molecular weight is 292 g/mol. The van der Waals surface area contributed by atoms with Crippen molar-refractivity contribution in [3.05, 3.63) is 34.6 Å². The van der Waals surface area contributed by atoms with E-state index in [1.54, 1.807) is 18.4 Å². The maximum absolute atomic E-state index is 13.0.